The summed E-state index contributed by atoms with van der Waals surface area (Å²) in [6.45, 7) is 91.6. The molecule has 2 aliphatic heterocycles. The zero-order chi connectivity index (χ0) is 94.6. The minimum Gasteiger partial charge on any atom is -0.402 e. The number of likely N-dealkylation sites (tertiary alicyclic amines) is 1. The van der Waals surface area contributed by atoms with Crippen molar-refractivity contribution in [3.8, 4) is 51.8 Å². The van der Waals surface area contributed by atoms with Gasteiger partial charge in [0, 0.05) is 71.6 Å². The van der Waals surface area contributed by atoms with Crippen molar-refractivity contribution in [2.45, 2.75) is 288 Å². The Kier molecular flexibility index (Phi) is 31.3. The minimum atomic E-state index is -0.553. The third kappa shape index (κ3) is 21.8. The normalized spacial score (nSPS) is 22.8. The van der Waals surface area contributed by atoms with Crippen molar-refractivity contribution in [2.75, 3.05) is 39.4 Å². The van der Waals surface area contributed by atoms with Gasteiger partial charge in [0.2, 0.25) is 17.6 Å². The van der Waals surface area contributed by atoms with Gasteiger partial charge in [0.1, 0.15) is 16.9 Å². The van der Waals surface area contributed by atoms with Crippen LogP contribution in [0.5, 0.6) is 17.6 Å². The monoisotopic (exact) mass is 1770 g/mol. The summed E-state index contributed by atoms with van der Waals surface area (Å²) in [4.78, 5) is 72.8. The first-order valence-corrected chi connectivity index (χ1v) is 48.5. The predicted octanol–water partition coefficient (Wildman–Crippen LogP) is 27.4. The highest BCUT2D eigenvalue weighted by Crippen LogP contribution is 2.57. The number of nitrogens with zero attached hydrogens (tertiary/aromatic N) is 12. The molecule has 3 saturated carbocycles. The van der Waals surface area contributed by atoms with E-state index in [1.165, 1.54) is 67.4 Å². The Labute approximate surface area is 775 Å². The van der Waals surface area contributed by atoms with E-state index in [0.717, 1.165) is 106 Å². The Balaban J connectivity index is 0.000000178. The zero-order valence-corrected chi connectivity index (χ0v) is 83.1. The topological polar surface area (TPSA) is 210 Å². The lowest BCUT2D eigenvalue weighted by Crippen LogP contribution is -2.48. The second-order valence-electron chi connectivity index (χ2n) is 43.6. The van der Waals surface area contributed by atoms with E-state index in [1.807, 2.05) is 4.90 Å². The highest BCUT2D eigenvalue weighted by molar-refractivity contribution is 5.84. The number of aromatic nitrogens is 9. The number of aryl methyl sites for hydroxylation is 7. The number of benzene rings is 3. The number of carbonyl (C=O) groups excluding carboxylic acids is 3. The van der Waals surface area contributed by atoms with E-state index in [1.54, 1.807) is 30.6 Å². The van der Waals surface area contributed by atoms with Crippen LogP contribution in [-0.4, -0.2) is 128 Å². The Bertz CT molecular complexity index is 5620. The molecule has 700 valence electrons. The number of piperidine rings is 1. The maximum atomic E-state index is 13.9. The number of nitrogens with one attached hydrogen (secondary N) is 3. The number of hydrogen-bond donors (Lipinski definition) is 3. The van der Waals surface area contributed by atoms with Crippen molar-refractivity contribution in [1.82, 2.24) is 58.5 Å². The van der Waals surface area contributed by atoms with Crippen molar-refractivity contribution in [3.63, 3.8) is 0 Å². The summed E-state index contributed by atoms with van der Waals surface area (Å²) in [6.07, 6.45) is 19.1. The van der Waals surface area contributed by atoms with Crippen LogP contribution in [0.2, 0.25) is 0 Å². The van der Waals surface area contributed by atoms with Crippen molar-refractivity contribution in [2.24, 2.45) is 93.2 Å². The molecule has 8 heterocycles. The smallest absolute Gasteiger partial charge is 0.402 e. The first kappa shape index (κ1) is 98.7. The number of ether oxygens (including phenoxy) is 4. The number of H-pyrrole nitrogens is 3. The molecule has 6 aromatic heterocycles. The molecule has 5 aliphatic rings. The fourth-order valence-electron chi connectivity index (χ4n) is 22.7. The molecule has 12 atom stereocenters. The van der Waals surface area contributed by atoms with E-state index in [0.29, 0.717) is 174 Å². The molecule has 5 fully saturated rings. The molecule has 3 aliphatic carbocycles. The largest absolute Gasteiger partial charge is 0.416 e. The predicted molar refractivity (Wildman–Crippen MR) is 525 cm³/mol. The van der Waals surface area contributed by atoms with E-state index in [2.05, 4.69) is 265 Å². The molecule has 3 amide bonds. The second kappa shape index (κ2) is 41.2. The average Bonchev–Trinajstić information content (AvgIpc) is 1.59. The summed E-state index contributed by atoms with van der Waals surface area (Å²) >= 11 is 0. The number of hydrogen-bond acceptors (Lipinski definition) is 10. The number of amides is 3. The van der Waals surface area contributed by atoms with E-state index >= 15 is 0 Å². The first-order chi connectivity index (χ1) is 61.5. The SMILES string of the molecule is [C-]#[N+]c1c(CC2C(C)CCCC2C)c2nc(-c3cc(C)c(C)cc3C)[nH]n2c1OC(=O)N1CCOCC1.[C-]#[N+]c1c(CC2C(CC(C)C)CC(C(C)(C)C)CC2C(C)(C)C)c2nc(-c3cc(C)cc(C)c3)[nH]n2c1OC(=O)N1C(C)CCCC1C.[C-]#[N+]c1c(CC2C(CC(C)C)CC(CC)CC2C(C)(C)C)c2nc(-c3cc(C)ccc3C)[nH]n2c1OC(=O)N(CC=C)CC=C. The second-order valence-corrected chi connectivity index (χ2v) is 43.6. The molecule has 0 radical (unpaired) electrons. The molecule has 12 unspecified atom stereocenters. The third-order valence-electron chi connectivity index (χ3n) is 29.9. The lowest BCUT2D eigenvalue weighted by molar-refractivity contribution is -0.0119. The van der Waals surface area contributed by atoms with Gasteiger partial charge in [0.05, 0.1) is 32.9 Å². The summed E-state index contributed by atoms with van der Waals surface area (Å²) in [7, 11) is 0. The van der Waals surface area contributed by atoms with Crippen molar-refractivity contribution < 1.29 is 33.3 Å². The van der Waals surface area contributed by atoms with Crippen LogP contribution in [0.1, 0.15) is 264 Å². The molecule has 0 spiro atoms. The lowest BCUT2D eigenvalue weighted by Gasteiger charge is -2.51. The summed E-state index contributed by atoms with van der Waals surface area (Å²) in [5, 5.41) is 10.3. The highest BCUT2D eigenvalue weighted by atomic mass is 16.6. The van der Waals surface area contributed by atoms with Crippen molar-refractivity contribution in [3.05, 3.63) is 164 Å². The summed E-state index contributed by atoms with van der Waals surface area (Å²) in [5.74, 6) is 9.71. The van der Waals surface area contributed by atoms with Gasteiger partial charge < -0.3 is 33.6 Å². The molecular formula is C108H151N15O7. The molecule has 3 N–H and O–H groups in total. The molecule has 3 aromatic carbocycles. The van der Waals surface area contributed by atoms with Gasteiger partial charge in [0.25, 0.3) is 17.1 Å². The maximum absolute atomic E-state index is 13.9. The number of carbonyl (C=O) groups is 3. The van der Waals surface area contributed by atoms with Crippen LogP contribution < -0.4 is 14.2 Å². The minimum absolute atomic E-state index is 0.0856. The van der Waals surface area contributed by atoms with Gasteiger partial charge in [-0.3, -0.25) is 15.3 Å². The molecule has 22 nitrogen and oxygen atoms in total. The fourth-order valence-corrected chi connectivity index (χ4v) is 22.7. The van der Waals surface area contributed by atoms with Crippen LogP contribution in [0.25, 0.3) is 65.6 Å². The van der Waals surface area contributed by atoms with Crippen LogP contribution in [0.4, 0.5) is 31.4 Å². The molecule has 14 rings (SSSR count). The molecule has 22 heteroatoms. The average molecular weight is 1770 g/mol. The Morgan fingerprint density at radius 3 is 1.45 bits per heavy atom. The summed E-state index contributed by atoms with van der Waals surface area (Å²) < 4.78 is 28.9. The quantitative estimate of drug-likeness (QED) is 0.0458. The summed E-state index contributed by atoms with van der Waals surface area (Å²) in [6, 6.07) is 17.2. The molecule has 9 aromatic rings. The number of aromatic amines is 3. The standard InChI is InChI=1S/C41H61N5O2.C38H53N5O2.C29H37N5O3/c1-24(2)17-29-21-31(40(7,8)9)22-34(41(10,11)12)32(29)23-33-35(42-13)38(48-39(47)45-27(5)15-14-16-28(45)6)46-37(33)43-36(44-46)30-19-25(3)18-26(4)20-30;1-12-17-42(18-13-2)37(44)45-36-33(39-11)31(35-40-34(41-43(35)36)29-20-25(6)15-16-26(29)7)23-30-28(19-24(4)5)21-27(14-3)22-32(30)38(8,9)10;1-17-8-7-9-18(2)22(17)16-24-25(30-6)28(37-29(35)33-10-12-36-13-11-33)34-27(24)31-26(32-34)23-15-20(4)19(3)14-21(23)5/h18-20,24,27-29,31-32,34H,14-17,21-23H2,1-12H3,(H,43,44);12-13,15-16,20,24,27-28,30,32H,1-2,14,17-19,21-23H2,3-10H3,(H,40,41);14-15,17-18,22H,7-13,16H2,1-5H3,(H,31,32). The zero-order valence-electron chi connectivity index (χ0n) is 83.1. The van der Waals surface area contributed by atoms with Gasteiger partial charge in [0.15, 0.2) is 17.5 Å². The first-order valence-electron chi connectivity index (χ1n) is 48.5. The van der Waals surface area contributed by atoms with E-state index < -0.39 is 12.2 Å². The summed E-state index contributed by atoms with van der Waals surface area (Å²) in [5.41, 5.74) is 17.4. The van der Waals surface area contributed by atoms with E-state index in [4.69, 9.17) is 53.6 Å². The van der Waals surface area contributed by atoms with Gasteiger partial charge in [-0.1, -0.05) is 190 Å². The van der Waals surface area contributed by atoms with Gasteiger partial charge in [-0.15, -0.1) is 13.2 Å². The van der Waals surface area contributed by atoms with Gasteiger partial charge in [-0.25, -0.2) is 57.4 Å². The lowest BCUT2D eigenvalue weighted by atomic mass is 9.54. The third-order valence-corrected chi connectivity index (χ3v) is 29.9. The molecule has 2 saturated heterocycles. The number of morpholine rings is 1. The van der Waals surface area contributed by atoms with Crippen molar-refractivity contribution >= 4 is 52.3 Å². The highest BCUT2D eigenvalue weighted by Gasteiger charge is 2.49. The van der Waals surface area contributed by atoms with E-state index in [-0.39, 0.29) is 52.1 Å². The van der Waals surface area contributed by atoms with Crippen LogP contribution >= 0.6 is 0 Å². The molecular weight excluding hydrogens is 1620 g/mol. The fraction of sp³-hybridized carbons (Fsp3) is 0.602. The molecule has 0 bridgehead atoms. The van der Waals surface area contributed by atoms with Gasteiger partial charge >= 0.3 is 18.3 Å². The molecule has 130 heavy (non-hydrogen) atoms. The van der Waals surface area contributed by atoms with Crippen LogP contribution in [-0.2, 0) is 24.0 Å². The Morgan fingerprint density at radius 2 is 0.977 bits per heavy atom. The maximum Gasteiger partial charge on any atom is 0.416 e. The number of rotatable bonds is 21. The van der Waals surface area contributed by atoms with Gasteiger partial charge in [-0.2, -0.15) is 0 Å². The van der Waals surface area contributed by atoms with Gasteiger partial charge in [-0.05, 0) is 279 Å². The van der Waals surface area contributed by atoms with E-state index in [9.17, 15) is 14.4 Å². The van der Waals surface area contributed by atoms with Crippen LogP contribution in [0.15, 0.2) is 73.8 Å². The Hall–Kier alpha value is -10.4. The van der Waals surface area contributed by atoms with Crippen LogP contribution in [0, 0.1) is 161 Å². The number of fused-ring (bicyclic) bond motifs is 3. The Morgan fingerprint density at radius 1 is 0.531 bits per heavy atom. The van der Waals surface area contributed by atoms with Crippen molar-refractivity contribution in [1.29, 1.82) is 0 Å². The van der Waals surface area contributed by atoms with Crippen LogP contribution in [0.3, 0.4) is 0 Å².